The summed E-state index contributed by atoms with van der Waals surface area (Å²) in [6.45, 7) is 4.15. The Bertz CT molecular complexity index is 2320. The SMILES string of the molecule is CCCCCC1C(=O)Nc2c(Oc3ccc(O)cc3OC)cc(OC)cc2C1=O.CCCCCc1c(O)c2cc(OC)cc(Oc3ccc(O)cc3OC)c2[nH]c1=O. The predicted molar refractivity (Wildman–Crippen MR) is 219 cm³/mol. The minimum atomic E-state index is -0.711. The Balaban J connectivity index is 0.000000221. The van der Waals surface area contributed by atoms with E-state index in [1.165, 1.54) is 52.7 Å². The monoisotopic (exact) mass is 798 g/mol. The van der Waals surface area contributed by atoms with Crippen molar-refractivity contribution in [3.63, 3.8) is 0 Å². The van der Waals surface area contributed by atoms with Gasteiger partial charge in [-0.05, 0) is 55.7 Å². The lowest BCUT2D eigenvalue weighted by Gasteiger charge is -2.26. The number of amides is 1. The second kappa shape index (κ2) is 19.5. The first-order valence-electron chi connectivity index (χ1n) is 19.1. The maximum Gasteiger partial charge on any atom is 0.255 e. The number of benzene rings is 4. The normalized spacial score (nSPS) is 13.2. The maximum absolute atomic E-state index is 13.0. The molecule has 0 spiro atoms. The van der Waals surface area contributed by atoms with Gasteiger partial charge in [0.15, 0.2) is 40.3 Å². The zero-order valence-electron chi connectivity index (χ0n) is 33.5. The van der Waals surface area contributed by atoms with Gasteiger partial charge in [0.1, 0.15) is 34.7 Å². The van der Waals surface area contributed by atoms with Crippen molar-refractivity contribution in [3.8, 4) is 63.2 Å². The minimum absolute atomic E-state index is 0.0280. The summed E-state index contributed by atoms with van der Waals surface area (Å²) in [4.78, 5) is 41.1. The summed E-state index contributed by atoms with van der Waals surface area (Å²) in [7, 11) is 5.92. The number of fused-ring (bicyclic) bond motifs is 2. The summed E-state index contributed by atoms with van der Waals surface area (Å²) < 4.78 is 33.1. The smallest absolute Gasteiger partial charge is 0.255 e. The van der Waals surface area contributed by atoms with E-state index in [4.69, 9.17) is 28.4 Å². The molecule has 2 heterocycles. The highest BCUT2D eigenvalue weighted by atomic mass is 16.5. The standard InChI is InChI=1S/2C22H25NO6/c2*1-4-5-6-7-15-21(25)16-11-14(27-2)12-19(20(16)23-22(15)26)29-17-9-8-13(24)10-18(17)28-3/h8-12,24H,4-7H2,1-3H3,(H2,23,25,26);8-12,15,24H,4-7H2,1-3H3,(H,23,26). The molecule has 5 N–H and O–H groups in total. The number of phenols is 2. The second-order valence-electron chi connectivity index (χ2n) is 13.6. The largest absolute Gasteiger partial charge is 0.508 e. The van der Waals surface area contributed by atoms with Crippen LogP contribution in [0.25, 0.3) is 10.9 Å². The molecule has 14 nitrogen and oxygen atoms in total. The summed E-state index contributed by atoms with van der Waals surface area (Å²) in [5.41, 5.74) is 1.02. The van der Waals surface area contributed by atoms with Gasteiger partial charge in [-0.1, -0.05) is 46.0 Å². The summed E-state index contributed by atoms with van der Waals surface area (Å²) in [5.74, 6) is 1.48. The molecule has 0 saturated carbocycles. The van der Waals surface area contributed by atoms with E-state index in [-0.39, 0.29) is 46.0 Å². The van der Waals surface area contributed by atoms with Gasteiger partial charge in [-0.3, -0.25) is 14.4 Å². The molecule has 58 heavy (non-hydrogen) atoms. The lowest BCUT2D eigenvalue weighted by atomic mass is 9.87. The molecule has 0 saturated heterocycles. The molecule has 0 bridgehead atoms. The molecule has 1 amide bonds. The highest BCUT2D eigenvalue weighted by Crippen LogP contribution is 2.44. The molecule has 0 radical (unpaired) electrons. The third-order valence-corrected chi connectivity index (χ3v) is 9.68. The van der Waals surface area contributed by atoms with E-state index in [0.29, 0.717) is 75.1 Å². The number of unbranched alkanes of at least 4 members (excludes halogenated alkanes) is 4. The van der Waals surface area contributed by atoms with Crippen molar-refractivity contribution in [3.05, 3.63) is 82.1 Å². The van der Waals surface area contributed by atoms with Crippen LogP contribution >= 0.6 is 0 Å². The second-order valence-corrected chi connectivity index (χ2v) is 13.6. The summed E-state index contributed by atoms with van der Waals surface area (Å²) in [6, 6.07) is 15.3. The zero-order valence-corrected chi connectivity index (χ0v) is 33.5. The van der Waals surface area contributed by atoms with Gasteiger partial charge in [-0.25, -0.2) is 0 Å². The Morgan fingerprint density at radius 2 is 1.19 bits per heavy atom. The fourth-order valence-electron chi connectivity index (χ4n) is 6.55. The number of nitrogens with one attached hydrogen (secondary N) is 2. The van der Waals surface area contributed by atoms with Crippen molar-refractivity contribution in [2.75, 3.05) is 33.8 Å². The number of carbonyl (C=O) groups excluding carboxylic acids is 2. The molecule has 1 aliphatic rings. The van der Waals surface area contributed by atoms with E-state index in [9.17, 15) is 29.7 Å². The van der Waals surface area contributed by atoms with Crippen LogP contribution < -0.4 is 39.3 Å². The number of aromatic hydroxyl groups is 3. The predicted octanol–water partition coefficient (Wildman–Crippen LogP) is 9.01. The number of anilines is 1. The molecular weight excluding hydrogens is 748 g/mol. The van der Waals surface area contributed by atoms with Crippen LogP contribution in [0.2, 0.25) is 0 Å². The Morgan fingerprint density at radius 1 is 0.621 bits per heavy atom. The van der Waals surface area contributed by atoms with Gasteiger partial charge in [-0.2, -0.15) is 0 Å². The van der Waals surface area contributed by atoms with E-state index in [2.05, 4.69) is 24.1 Å². The minimum Gasteiger partial charge on any atom is -0.508 e. The molecule has 14 heteroatoms. The van der Waals surface area contributed by atoms with Gasteiger partial charge in [0.25, 0.3) is 5.56 Å². The molecule has 0 fully saturated rings. The number of ketones is 1. The Morgan fingerprint density at radius 3 is 1.78 bits per heavy atom. The quantitative estimate of drug-likeness (QED) is 0.0470. The lowest BCUT2D eigenvalue weighted by molar-refractivity contribution is -0.119. The fourth-order valence-corrected chi connectivity index (χ4v) is 6.55. The van der Waals surface area contributed by atoms with Crippen molar-refractivity contribution in [1.29, 1.82) is 0 Å². The number of aromatic amines is 1. The maximum atomic E-state index is 13.0. The van der Waals surface area contributed by atoms with Gasteiger partial charge < -0.3 is 54.0 Å². The number of Topliss-reactive ketones (excluding diaryl/α,β-unsaturated/α-hetero) is 1. The number of hydrogen-bond acceptors (Lipinski definition) is 12. The van der Waals surface area contributed by atoms with Crippen molar-refractivity contribution >= 4 is 28.3 Å². The fraction of sp³-hybridized carbons (Fsp3) is 0.341. The van der Waals surface area contributed by atoms with E-state index in [0.717, 1.165) is 38.5 Å². The molecule has 4 aromatic carbocycles. The third kappa shape index (κ3) is 9.68. The van der Waals surface area contributed by atoms with Crippen LogP contribution in [0.1, 0.15) is 74.7 Å². The molecular formula is C44H50N2O12. The van der Waals surface area contributed by atoms with Crippen LogP contribution in [0.15, 0.2) is 65.5 Å². The van der Waals surface area contributed by atoms with Crippen LogP contribution in [0, 0.1) is 5.92 Å². The van der Waals surface area contributed by atoms with Crippen molar-refractivity contribution in [1.82, 2.24) is 4.98 Å². The lowest BCUT2D eigenvalue weighted by Crippen LogP contribution is -2.35. The molecule has 1 unspecified atom stereocenters. The number of aromatic nitrogens is 1. The van der Waals surface area contributed by atoms with Crippen LogP contribution in [0.3, 0.4) is 0 Å². The molecule has 308 valence electrons. The number of pyridine rings is 1. The van der Waals surface area contributed by atoms with E-state index in [1.54, 1.807) is 36.4 Å². The average Bonchev–Trinajstić information content (AvgIpc) is 3.22. The highest BCUT2D eigenvalue weighted by Gasteiger charge is 2.36. The topological polar surface area (TPSA) is 195 Å². The van der Waals surface area contributed by atoms with Crippen LogP contribution in [0.5, 0.6) is 63.2 Å². The van der Waals surface area contributed by atoms with Crippen molar-refractivity contribution in [2.45, 2.75) is 65.2 Å². The van der Waals surface area contributed by atoms with E-state index in [1.807, 2.05) is 0 Å². The number of phenolic OH excluding ortho intramolecular Hbond substituents is 2. The van der Waals surface area contributed by atoms with Crippen molar-refractivity contribution in [2.24, 2.45) is 5.92 Å². The third-order valence-electron chi connectivity index (χ3n) is 9.68. The first-order chi connectivity index (χ1) is 28.0. The average molecular weight is 799 g/mol. The number of hydrogen-bond donors (Lipinski definition) is 5. The summed E-state index contributed by atoms with van der Waals surface area (Å²) >= 11 is 0. The van der Waals surface area contributed by atoms with E-state index >= 15 is 0 Å². The van der Waals surface area contributed by atoms with Crippen LogP contribution in [-0.2, 0) is 11.2 Å². The van der Waals surface area contributed by atoms with Crippen molar-refractivity contribution < 1.29 is 53.3 Å². The van der Waals surface area contributed by atoms with Crippen LogP contribution in [-0.4, -0.2) is 60.4 Å². The highest BCUT2D eigenvalue weighted by molar-refractivity contribution is 6.22. The van der Waals surface area contributed by atoms with Crippen LogP contribution in [0.4, 0.5) is 5.69 Å². The molecule has 1 atom stereocenters. The molecule has 1 aromatic heterocycles. The van der Waals surface area contributed by atoms with Gasteiger partial charge >= 0.3 is 0 Å². The molecule has 6 rings (SSSR count). The van der Waals surface area contributed by atoms with Gasteiger partial charge in [0.05, 0.1) is 45.2 Å². The number of H-pyrrole nitrogens is 1. The first-order valence-corrected chi connectivity index (χ1v) is 19.1. The summed E-state index contributed by atoms with van der Waals surface area (Å²) in [6.07, 6.45) is 6.61. The zero-order chi connectivity index (χ0) is 41.9. The Hall–Kier alpha value is -6.57. The molecule has 5 aromatic rings. The first kappa shape index (κ1) is 42.6. The Kier molecular flexibility index (Phi) is 14.3. The number of rotatable bonds is 16. The number of carbonyl (C=O) groups is 2. The van der Waals surface area contributed by atoms with E-state index < -0.39 is 5.92 Å². The number of ether oxygens (including phenoxy) is 6. The van der Waals surface area contributed by atoms with Gasteiger partial charge in [-0.15, -0.1) is 0 Å². The summed E-state index contributed by atoms with van der Waals surface area (Å²) in [5, 5.41) is 33.3. The van der Waals surface area contributed by atoms with Gasteiger partial charge in [0, 0.05) is 35.2 Å². The Labute approximate surface area is 336 Å². The molecule has 0 aliphatic carbocycles. The number of methoxy groups -OCH3 is 4. The van der Waals surface area contributed by atoms with Gasteiger partial charge in [0.2, 0.25) is 5.91 Å². The molecule has 1 aliphatic heterocycles.